The van der Waals surface area contributed by atoms with Crippen LogP contribution in [0.5, 0.6) is 5.75 Å². The summed E-state index contributed by atoms with van der Waals surface area (Å²) < 4.78 is 18.9. The Morgan fingerprint density at radius 1 is 1.13 bits per heavy atom. The van der Waals surface area contributed by atoms with Gasteiger partial charge in [0.05, 0.1) is 15.5 Å². The molecule has 0 atom stereocenters. The van der Waals surface area contributed by atoms with Crippen LogP contribution in [-0.2, 0) is 6.61 Å². The smallest absolute Gasteiger partial charge is 0.270 e. The normalized spacial score (nSPS) is 10.7. The summed E-state index contributed by atoms with van der Waals surface area (Å²) in [5.74, 6) is 0.450. The Morgan fingerprint density at radius 3 is 2.77 bits per heavy atom. The first kappa shape index (κ1) is 19.5. The summed E-state index contributed by atoms with van der Waals surface area (Å²) in [6.07, 6.45) is 1.51. The van der Waals surface area contributed by atoms with Crippen molar-refractivity contribution >= 4 is 39.8 Å². The van der Waals surface area contributed by atoms with Gasteiger partial charge in [-0.2, -0.15) is 0 Å². The maximum atomic E-state index is 13.3. The van der Waals surface area contributed by atoms with E-state index in [-0.39, 0.29) is 18.1 Å². The van der Waals surface area contributed by atoms with Crippen LogP contribution in [0.4, 0.5) is 21.7 Å². The molecule has 1 aromatic heterocycles. The van der Waals surface area contributed by atoms with Gasteiger partial charge in [0.2, 0.25) is 5.95 Å². The van der Waals surface area contributed by atoms with Crippen molar-refractivity contribution < 1.29 is 14.1 Å². The van der Waals surface area contributed by atoms with E-state index in [0.29, 0.717) is 38.9 Å². The zero-order valence-electron chi connectivity index (χ0n) is 15.4. The van der Waals surface area contributed by atoms with E-state index in [2.05, 4.69) is 15.3 Å². The summed E-state index contributed by atoms with van der Waals surface area (Å²) in [5, 5.41) is 14.8. The van der Waals surface area contributed by atoms with Crippen LogP contribution >= 0.6 is 11.6 Å². The van der Waals surface area contributed by atoms with Crippen LogP contribution in [0, 0.1) is 15.9 Å². The first-order chi connectivity index (χ1) is 14.5. The number of rotatable bonds is 6. The SMILES string of the molecule is O=[N+]([O-])c1ccc2nc(Nc3ccc(OCc4cccc(F)c4)c(Cl)c3)ncc2c1. The van der Waals surface area contributed by atoms with Gasteiger partial charge in [-0.25, -0.2) is 14.4 Å². The van der Waals surface area contributed by atoms with Crippen LogP contribution in [0.25, 0.3) is 10.9 Å². The lowest BCUT2D eigenvalue weighted by molar-refractivity contribution is -0.384. The maximum absolute atomic E-state index is 13.3. The molecule has 0 spiro atoms. The molecule has 150 valence electrons. The van der Waals surface area contributed by atoms with Crippen LogP contribution in [0.3, 0.4) is 0 Å². The second-order valence-corrected chi connectivity index (χ2v) is 6.79. The third kappa shape index (κ3) is 4.44. The molecule has 30 heavy (non-hydrogen) atoms. The summed E-state index contributed by atoms with van der Waals surface area (Å²) in [4.78, 5) is 18.9. The molecule has 7 nitrogen and oxygen atoms in total. The highest BCUT2D eigenvalue weighted by molar-refractivity contribution is 6.32. The van der Waals surface area contributed by atoms with Crippen molar-refractivity contribution in [2.75, 3.05) is 5.32 Å². The Labute approximate surface area is 175 Å². The summed E-state index contributed by atoms with van der Waals surface area (Å²) >= 11 is 6.29. The molecule has 9 heteroatoms. The molecule has 0 saturated heterocycles. The Hall–Kier alpha value is -3.78. The number of ether oxygens (including phenoxy) is 1. The van der Waals surface area contributed by atoms with Gasteiger partial charge in [0.25, 0.3) is 5.69 Å². The fourth-order valence-electron chi connectivity index (χ4n) is 2.81. The molecule has 0 amide bonds. The lowest BCUT2D eigenvalue weighted by Crippen LogP contribution is -1.99. The molecule has 0 fully saturated rings. The van der Waals surface area contributed by atoms with Crippen LogP contribution < -0.4 is 10.1 Å². The van der Waals surface area contributed by atoms with Gasteiger partial charge in [-0.3, -0.25) is 10.1 Å². The van der Waals surface area contributed by atoms with Gasteiger partial charge in [0.1, 0.15) is 18.2 Å². The number of nitro groups is 1. The van der Waals surface area contributed by atoms with Gasteiger partial charge in [-0.15, -0.1) is 0 Å². The van der Waals surface area contributed by atoms with E-state index in [4.69, 9.17) is 16.3 Å². The van der Waals surface area contributed by atoms with E-state index < -0.39 is 4.92 Å². The number of benzene rings is 3. The van der Waals surface area contributed by atoms with Crippen molar-refractivity contribution in [1.82, 2.24) is 9.97 Å². The molecule has 3 aromatic carbocycles. The minimum atomic E-state index is -0.467. The summed E-state index contributed by atoms with van der Waals surface area (Å²) in [6, 6.07) is 15.6. The molecule has 1 heterocycles. The molecule has 0 bridgehead atoms. The monoisotopic (exact) mass is 424 g/mol. The zero-order valence-corrected chi connectivity index (χ0v) is 16.1. The maximum Gasteiger partial charge on any atom is 0.270 e. The van der Waals surface area contributed by atoms with E-state index in [1.807, 2.05) is 0 Å². The van der Waals surface area contributed by atoms with E-state index in [0.717, 1.165) is 0 Å². The molecule has 0 aliphatic rings. The first-order valence-corrected chi connectivity index (χ1v) is 9.21. The number of aromatic nitrogens is 2. The Bertz CT molecular complexity index is 1250. The summed E-state index contributed by atoms with van der Waals surface area (Å²) in [7, 11) is 0. The van der Waals surface area contributed by atoms with E-state index in [1.54, 1.807) is 36.4 Å². The number of nitrogens with one attached hydrogen (secondary N) is 1. The number of nitrogens with zero attached hydrogens (tertiary/aromatic N) is 3. The van der Waals surface area contributed by atoms with Crippen molar-refractivity contribution in [3.63, 3.8) is 0 Å². The van der Waals surface area contributed by atoms with Gasteiger partial charge in [-0.05, 0) is 42.0 Å². The third-order valence-electron chi connectivity index (χ3n) is 4.25. The number of halogens is 2. The number of nitro benzene ring substituents is 1. The highest BCUT2D eigenvalue weighted by atomic mass is 35.5. The summed E-state index contributed by atoms with van der Waals surface area (Å²) in [6.45, 7) is 0.185. The van der Waals surface area contributed by atoms with Crippen molar-refractivity contribution in [1.29, 1.82) is 0 Å². The quantitative estimate of drug-likeness (QED) is 0.317. The predicted octanol–water partition coefficient (Wildman–Crippen LogP) is 5.65. The molecular weight excluding hydrogens is 411 g/mol. The van der Waals surface area contributed by atoms with Crippen molar-refractivity contribution in [3.05, 3.63) is 93.4 Å². The Kier molecular flexibility index (Phi) is 5.40. The standard InChI is InChI=1S/C21H14ClFN4O3/c22-18-10-16(4-7-20(18)30-12-13-2-1-3-15(23)8-13)25-21-24-11-14-9-17(27(28)29)5-6-19(14)26-21/h1-11H,12H2,(H,24,25,26). The molecule has 4 rings (SSSR count). The second kappa shape index (κ2) is 8.30. The minimum absolute atomic E-state index is 0.0209. The third-order valence-corrected chi connectivity index (χ3v) is 4.54. The lowest BCUT2D eigenvalue weighted by atomic mass is 10.2. The molecule has 0 radical (unpaired) electrons. The average molecular weight is 425 g/mol. The van der Waals surface area contributed by atoms with Crippen molar-refractivity contribution in [3.8, 4) is 5.75 Å². The first-order valence-electron chi connectivity index (χ1n) is 8.83. The van der Waals surface area contributed by atoms with Crippen LogP contribution in [-0.4, -0.2) is 14.9 Å². The van der Waals surface area contributed by atoms with Gasteiger partial charge >= 0.3 is 0 Å². The Morgan fingerprint density at radius 2 is 2.00 bits per heavy atom. The van der Waals surface area contributed by atoms with Crippen LogP contribution in [0.1, 0.15) is 5.56 Å². The second-order valence-electron chi connectivity index (χ2n) is 6.38. The van der Waals surface area contributed by atoms with E-state index >= 15 is 0 Å². The molecule has 0 unspecified atom stereocenters. The molecule has 4 aromatic rings. The topological polar surface area (TPSA) is 90.2 Å². The van der Waals surface area contributed by atoms with Crippen molar-refractivity contribution in [2.45, 2.75) is 6.61 Å². The fourth-order valence-corrected chi connectivity index (χ4v) is 3.04. The molecule has 0 saturated carbocycles. The van der Waals surface area contributed by atoms with Crippen molar-refractivity contribution in [2.24, 2.45) is 0 Å². The molecular formula is C21H14ClFN4O3. The molecule has 0 aliphatic carbocycles. The minimum Gasteiger partial charge on any atom is -0.487 e. The van der Waals surface area contributed by atoms with Gasteiger partial charge < -0.3 is 10.1 Å². The predicted molar refractivity (Wildman–Crippen MR) is 112 cm³/mol. The number of non-ortho nitro benzene ring substituents is 1. The van der Waals surface area contributed by atoms with Gasteiger partial charge in [0.15, 0.2) is 0 Å². The van der Waals surface area contributed by atoms with E-state index in [1.165, 1.54) is 30.5 Å². The lowest BCUT2D eigenvalue weighted by Gasteiger charge is -2.11. The molecule has 0 aliphatic heterocycles. The van der Waals surface area contributed by atoms with Crippen LogP contribution in [0.2, 0.25) is 5.02 Å². The number of fused-ring (bicyclic) bond motifs is 1. The van der Waals surface area contributed by atoms with Crippen LogP contribution in [0.15, 0.2) is 66.9 Å². The Balaban J connectivity index is 1.47. The number of hydrogen-bond donors (Lipinski definition) is 1. The van der Waals surface area contributed by atoms with Gasteiger partial charge in [0, 0.05) is 29.4 Å². The number of hydrogen-bond acceptors (Lipinski definition) is 6. The molecule has 1 N–H and O–H groups in total. The summed E-state index contributed by atoms with van der Waals surface area (Å²) in [5.41, 5.74) is 1.88. The highest BCUT2D eigenvalue weighted by Crippen LogP contribution is 2.30. The average Bonchev–Trinajstić information content (AvgIpc) is 2.73. The zero-order chi connectivity index (χ0) is 21.1. The fraction of sp³-hybridized carbons (Fsp3) is 0.0476. The highest BCUT2D eigenvalue weighted by Gasteiger charge is 2.09. The van der Waals surface area contributed by atoms with E-state index in [9.17, 15) is 14.5 Å². The van der Waals surface area contributed by atoms with Gasteiger partial charge in [-0.1, -0.05) is 23.7 Å². The largest absolute Gasteiger partial charge is 0.487 e. The number of anilines is 2.